The highest BCUT2D eigenvalue weighted by atomic mass is 35.5. The van der Waals surface area contributed by atoms with Crippen molar-refractivity contribution < 1.29 is 4.79 Å². The second kappa shape index (κ2) is 6.40. The first kappa shape index (κ1) is 13.6. The third-order valence-corrected chi connectivity index (χ3v) is 3.29. The normalized spacial score (nSPS) is 10.0. The lowest BCUT2D eigenvalue weighted by molar-refractivity contribution is 0.262. The zero-order chi connectivity index (χ0) is 13.7. The van der Waals surface area contributed by atoms with Crippen LogP contribution in [-0.4, -0.2) is 22.3 Å². The van der Waals surface area contributed by atoms with Crippen LogP contribution < -0.4 is 10.6 Å². The number of urea groups is 1. The van der Waals surface area contributed by atoms with Gasteiger partial charge in [-0.2, -0.15) is 0 Å². The summed E-state index contributed by atoms with van der Waals surface area (Å²) < 4.78 is 0. The number of nitrogens with zero attached hydrogens (tertiary/aromatic N) is 2. The average molecular weight is 295 g/mol. The zero-order valence-electron chi connectivity index (χ0n) is 10.1. The maximum atomic E-state index is 11.7. The molecule has 0 aliphatic heterocycles. The number of aromatic nitrogens is 2. The van der Waals surface area contributed by atoms with Gasteiger partial charge in [-0.1, -0.05) is 11.6 Å². The van der Waals surface area contributed by atoms with E-state index in [1.165, 1.54) is 11.8 Å². The van der Waals surface area contributed by atoms with Crippen LogP contribution in [0.15, 0.2) is 41.8 Å². The predicted octanol–water partition coefficient (Wildman–Crippen LogP) is 3.50. The van der Waals surface area contributed by atoms with E-state index in [9.17, 15) is 4.79 Å². The van der Waals surface area contributed by atoms with E-state index >= 15 is 0 Å². The Hall–Kier alpha value is -1.79. The number of nitrogens with one attached hydrogen (secondary N) is 2. The number of amides is 2. The number of carbonyl (C=O) groups is 1. The first-order valence-electron chi connectivity index (χ1n) is 5.36. The fraction of sp³-hybridized carbons (Fsp3) is 0.0833. The summed E-state index contributed by atoms with van der Waals surface area (Å²) in [7, 11) is 0. The number of carbonyl (C=O) groups excluding carboxylic acids is 1. The van der Waals surface area contributed by atoms with Crippen LogP contribution in [0.25, 0.3) is 0 Å². The molecule has 2 aromatic rings. The van der Waals surface area contributed by atoms with Crippen molar-refractivity contribution in [1.82, 2.24) is 9.97 Å². The van der Waals surface area contributed by atoms with E-state index in [1.54, 1.807) is 36.8 Å². The summed E-state index contributed by atoms with van der Waals surface area (Å²) in [5.41, 5.74) is 1.14. The van der Waals surface area contributed by atoms with Gasteiger partial charge in [0.05, 0.1) is 28.8 Å². The topological polar surface area (TPSA) is 66.9 Å². The molecule has 0 atom stereocenters. The number of thioether (sulfide) groups is 1. The summed E-state index contributed by atoms with van der Waals surface area (Å²) in [5.74, 6) is 0. The Morgan fingerprint density at radius 2 is 2.11 bits per heavy atom. The van der Waals surface area contributed by atoms with E-state index in [-0.39, 0.29) is 6.03 Å². The van der Waals surface area contributed by atoms with Gasteiger partial charge in [0, 0.05) is 6.20 Å². The van der Waals surface area contributed by atoms with Crippen LogP contribution in [0, 0.1) is 0 Å². The molecule has 0 spiro atoms. The molecule has 2 N–H and O–H groups in total. The lowest BCUT2D eigenvalue weighted by atomic mass is 10.4. The Labute approximate surface area is 119 Å². The minimum absolute atomic E-state index is 0.372. The Kier molecular flexibility index (Phi) is 4.59. The Morgan fingerprint density at radius 1 is 1.32 bits per heavy atom. The van der Waals surface area contributed by atoms with Crippen molar-refractivity contribution >= 4 is 40.8 Å². The highest BCUT2D eigenvalue weighted by Crippen LogP contribution is 2.25. The number of hydrogen-bond acceptors (Lipinski definition) is 4. The smallest absolute Gasteiger partial charge is 0.306 e. The molecule has 5 nitrogen and oxygen atoms in total. The van der Waals surface area contributed by atoms with Crippen LogP contribution in [0.3, 0.4) is 0 Å². The lowest BCUT2D eigenvalue weighted by Crippen LogP contribution is -2.19. The van der Waals surface area contributed by atoms with Crippen molar-refractivity contribution in [2.45, 2.75) is 5.03 Å². The second-order valence-electron chi connectivity index (χ2n) is 3.54. The first-order chi connectivity index (χ1) is 9.19. The van der Waals surface area contributed by atoms with Gasteiger partial charge in [-0.3, -0.25) is 4.98 Å². The molecule has 19 heavy (non-hydrogen) atoms. The molecule has 0 saturated carbocycles. The van der Waals surface area contributed by atoms with Gasteiger partial charge in [0.1, 0.15) is 5.03 Å². The van der Waals surface area contributed by atoms with Crippen molar-refractivity contribution in [3.05, 3.63) is 41.8 Å². The molecule has 0 fully saturated rings. The third-order valence-electron chi connectivity index (χ3n) is 2.18. The molecular weight excluding hydrogens is 284 g/mol. The monoisotopic (exact) mass is 294 g/mol. The van der Waals surface area contributed by atoms with Gasteiger partial charge in [0.15, 0.2) is 0 Å². The van der Waals surface area contributed by atoms with Crippen LogP contribution in [0.4, 0.5) is 16.2 Å². The van der Waals surface area contributed by atoms with Crippen LogP contribution >= 0.6 is 23.4 Å². The molecule has 0 aliphatic rings. The standard InChI is InChI=1S/C12H11ClN4OS/c1-19-11-10(13)5-9(7-15-11)17-12(18)16-8-3-2-4-14-6-8/h2-7H,1H3,(H2,16,17,18). The van der Waals surface area contributed by atoms with Crippen LogP contribution in [-0.2, 0) is 0 Å². The van der Waals surface area contributed by atoms with Crippen molar-refractivity contribution in [2.24, 2.45) is 0 Å². The van der Waals surface area contributed by atoms with Crippen molar-refractivity contribution in [3.63, 3.8) is 0 Å². The van der Waals surface area contributed by atoms with Crippen molar-refractivity contribution in [2.75, 3.05) is 16.9 Å². The largest absolute Gasteiger partial charge is 0.323 e. The summed E-state index contributed by atoms with van der Waals surface area (Å²) in [4.78, 5) is 19.8. The molecule has 0 saturated heterocycles. The molecule has 2 amide bonds. The first-order valence-corrected chi connectivity index (χ1v) is 6.97. The number of halogens is 1. The zero-order valence-corrected chi connectivity index (χ0v) is 11.6. The van der Waals surface area contributed by atoms with Gasteiger partial charge in [0.2, 0.25) is 0 Å². The maximum Gasteiger partial charge on any atom is 0.323 e. The van der Waals surface area contributed by atoms with Gasteiger partial charge in [-0.05, 0) is 24.5 Å². The fourth-order valence-electron chi connectivity index (χ4n) is 1.37. The number of pyridine rings is 2. The molecule has 2 heterocycles. The molecule has 0 unspecified atom stereocenters. The van der Waals surface area contributed by atoms with Gasteiger partial charge in [-0.25, -0.2) is 9.78 Å². The van der Waals surface area contributed by atoms with Gasteiger partial charge in [0.25, 0.3) is 0 Å². The van der Waals surface area contributed by atoms with Crippen LogP contribution in [0.1, 0.15) is 0 Å². The van der Waals surface area contributed by atoms with Crippen molar-refractivity contribution in [1.29, 1.82) is 0 Å². The van der Waals surface area contributed by atoms with E-state index in [4.69, 9.17) is 11.6 Å². The quantitative estimate of drug-likeness (QED) is 0.850. The third kappa shape index (κ3) is 3.84. The van der Waals surface area contributed by atoms with E-state index < -0.39 is 0 Å². The summed E-state index contributed by atoms with van der Waals surface area (Å²) in [6, 6.07) is 4.77. The highest BCUT2D eigenvalue weighted by Gasteiger charge is 2.06. The molecule has 0 aromatic carbocycles. The Morgan fingerprint density at radius 3 is 2.74 bits per heavy atom. The van der Waals surface area contributed by atoms with E-state index in [0.717, 1.165) is 5.03 Å². The van der Waals surface area contributed by atoms with E-state index in [0.29, 0.717) is 16.4 Å². The summed E-state index contributed by atoms with van der Waals surface area (Å²) in [6.07, 6.45) is 6.63. The Bertz CT molecular complexity index is 579. The minimum atomic E-state index is -0.372. The van der Waals surface area contributed by atoms with Gasteiger partial charge >= 0.3 is 6.03 Å². The number of rotatable bonds is 3. The van der Waals surface area contributed by atoms with Crippen LogP contribution in [0.2, 0.25) is 5.02 Å². The molecule has 2 aromatic heterocycles. The minimum Gasteiger partial charge on any atom is -0.306 e. The molecule has 0 radical (unpaired) electrons. The number of anilines is 2. The van der Waals surface area contributed by atoms with Gasteiger partial charge < -0.3 is 10.6 Å². The SMILES string of the molecule is CSc1ncc(NC(=O)Nc2cccnc2)cc1Cl. The second-order valence-corrected chi connectivity index (χ2v) is 4.74. The molecule has 2 rings (SSSR count). The maximum absolute atomic E-state index is 11.7. The molecule has 98 valence electrons. The van der Waals surface area contributed by atoms with Crippen LogP contribution in [0.5, 0.6) is 0 Å². The fourth-order valence-corrected chi connectivity index (χ4v) is 2.18. The van der Waals surface area contributed by atoms with E-state index in [1.807, 2.05) is 6.26 Å². The Balaban J connectivity index is 2.01. The van der Waals surface area contributed by atoms with Gasteiger partial charge in [-0.15, -0.1) is 11.8 Å². The summed E-state index contributed by atoms with van der Waals surface area (Å²) >= 11 is 7.45. The molecular formula is C12H11ClN4OS. The number of hydrogen-bond donors (Lipinski definition) is 2. The molecule has 0 aliphatic carbocycles. The van der Waals surface area contributed by atoms with E-state index in [2.05, 4.69) is 20.6 Å². The summed E-state index contributed by atoms with van der Waals surface area (Å²) in [6.45, 7) is 0. The summed E-state index contributed by atoms with van der Waals surface area (Å²) in [5, 5.41) is 6.53. The lowest BCUT2D eigenvalue weighted by Gasteiger charge is -2.08. The average Bonchev–Trinajstić information content (AvgIpc) is 2.40. The van der Waals surface area contributed by atoms with Crippen molar-refractivity contribution in [3.8, 4) is 0 Å². The highest BCUT2D eigenvalue weighted by molar-refractivity contribution is 7.98. The predicted molar refractivity (Wildman–Crippen MR) is 77.9 cm³/mol. The molecule has 7 heteroatoms. The molecule has 0 bridgehead atoms.